The molecule has 0 saturated heterocycles. The van der Waals surface area contributed by atoms with Crippen molar-refractivity contribution >= 4 is 5.97 Å². The van der Waals surface area contributed by atoms with E-state index in [2.05, 4.69) is 27.7 Å². The second kappa shape index (κ2) is 19.2. The van der Waals surface area contributed by atoms with Crippen LogP contribution < -0.4 is 0 Å². The molecule has 0 rings (SSSR count). The summed E-state index contributed by atoms with van der Waals surface area (Å²) in [6.07, 6.45) is 19.9. The molecule has 0 saturated carbocycles. The Morgan fingerprint density at radius 3 is 1.69 bits per heavy atom. The van der Waals surface area contributed by atoms with E-state index < -0.39 is 0 Å². The predicted octanol–water partition coefficient (Wildman–Crippen LogP) is 8.08. The largest absolute Gasteiger partial charge is 0.465 e. The third kappa shape index (κ3) is 14.6. The van der Waals surface area contributed by atoms with Crippen molar-refractivity contribution in [3.8, 4) is 0 Å². The number of carbonyl (C=O) groups is 1. The lowest BCUT2D eigenvalue weighted by Gasteiger charge is -2.19. The van der Waals surface area contributed by atoms with Gasteiger partial charge >= 0.3 is 5.97 Å². The molecule has 0 amide bonds. The van der Waals surface area contributed by atoms with Gasteiger partial charge in [0.25, 0.3) is 0 Å². The van der Waals surface area contributed by atoms with Gasteiger partial charge in [-0.3, -0.25) is 4.79 Å². The van der Waals surface area contributed by atoms with Crippen LogP contribution >= 0.6 is 0 Å². The van der Waals surface area contributed by atoms with Crippen LogP contribution in [0.2, 0.25) is 0 Å². The minimum Gasteiger partial charge on any atom is -0.465 e. The number of carbonyl (C=O) groups excluding carboxylic acids is 1. The second-order valence-corrected chi connectivity index (χ2v) is 8.15. The first-order valence-corrected chi connectivity index (χ1v) is 11.9. The summed E-state index contributed by atoms with van der Waals surface area (Å²) >= 11 is 0. The molecule has 2 atom stereocenters. The van der Waals surface area contributed by atoms with Crippen LogP contribution in [0, 0.1) is 11.8 Å². The normalized spacial score (nSPS) is 13.5. The zero-order chi connectivity index (χ0) is 19.5. The van der Waals surface area contributed by atoms with Gasteiger partial charge in [0.1, 0.15) is 0 Å². The van der Waals surface area contributed by atoms with Crippen LogP contribution in [0.4, 0.5) is 0 Å². The Kier molecular flexibility index (Phi) is 18.8. The molecule has 0 aliphatic heterocycles. The molecule has 0 N–H and O–H groups in total. The first-order chi connectivity index (χ1) is 12.7. The summed E-state index contributed by atoms with van der Waals surface area (Å²) in [6.45, 7) is 9.48. The molecule has 0 aromatic heterocycles. The van der Waals surface area contributed by atoms with Gasteiger partial charge in [-0.2, -0.15) is 0 Å². The van der Waals surface area contributed by atoms with E-state index in [1.807, 2.05) is 0 Å². The number of unbranched alkanes of at least 4 members (excludes halogenated alkanes) is 9. The molecule has 2 heteroatoms. The summed E-state index contributed by atoms with van der Waals surface area (Å²) in [6, 6.07) is 0. The summed E-state index contributed by atoms with van der Waals surface area (Å²) in [5.41, 5.74) is 0. The molecule has 0 radical (unpaired) electrons. The molecule has 0 heterocycles. The fourth-order valence-electron chi connectivity index (χ4n) is 3.64. The minimum absolute atomic E-state index is 0.0578. The van der Waals surface area contributed by atoms with Crippen LogP contribution in [-0.2, 0) is 9.53 Å². The predicted molar refractivity (Wildman–Crippen MR) is 115 cm³/mol. The van der Waals surface area contributed by atoms with Crippen molar-refractivity contribution in [1.82, 2.24) is 0 Å². The summed E-state index contributed by atoms with van der Waals surface area (Å²) in [5, 5.41) is 0. The van der Waals surface area contributed by atoms with Gasteiger partial charge in [-0.05, 0) is 31.6 Å². The van der Waals surface area contributed by atoms with Gasteiger partial charge < -0.3 is 4.74 Å². The first kappa shape index (κ1) is 25.5. The topological polar surface area (TPSA) is 26.3 Å². The monoisotopic (exact) mass is 368 g/mol. The highest BCUT2D eigenvalue weighted by molar-refractivity contribution is 5.72. The van der Waals surface area contributed by atoms with Gasteiger partial charge in [-0.25, -0.2) is 0 Å². The molecule has 0 aromatic rings. The molecule has 2 unspecified atom stereocenters. The molecule has 2 nitrogen and oxygen atoms in total. The van der Waals surface area contributed by atoms with Crippen molar-refractivity contribution < 1.29 is 9.53 Å². The quantitative estimate of drug-likeness (QED) is 0.170. The van der Waals surface area contributed by atoms with Crippen molar-refractivity contribution in [1.29, 1.82) is 0 Å². The summed E-state index contributed by atoms with van der Waals surface area (Å²) in [7, 11) is 0. The smallest absolute Gasteiger partial charge is 0.308 e. The van der Waals surface area contributed by atoms with E-state index in [0.717, 1.165) is 25.7 Å². The number of esters is 1. The van der Waals surface area contributed by atoms with Gasteiger partial charge in [-0.1, -0.05) is 105 Å². The Bertz CT molecular complexity index is 301. The Labute approximate surface area is 164 Å². The number of hydrogen-bond donors (Lipinski definition) is 0. The maximum Gasteiger partial charge on any atom is 0.308 e. The van der Waals surface area contributed by atoms with Crippen LogP contribution in [0.1, 0.15) is 130 Å². The fourth-order valence-corrected chi connectivity index (χ4v) is 3.64. The number of rotatable bonds is 19. The summed E-state index contributed by atoms with van der Waals surface area (Å²) in [5.74, 6) is 0.748. The lowest BCUT2D eigenvalue weighted by Crippen LogP contribution is -2.21. The summed E-state index contributed by atoms with van der Waals surface area (Å²) < 4.78 is 5.77. The van der Waals surface area contributed by atoms with E-state index in [1.165, 1.54) is 77.0 Å². The van der Waals surface area contributed by atoms with Crippen molar-refractivity contribution in [2.24, 2.45) is 11.8 Å². The van der Waals surface area contributed by atoms with Gasteiger partial charge in [0.05, 0.1) is 12.5 Å². The minimum atomic E-state index is 0.0578. The lowest BCUT2D eigenvalue weighted by molar-refractivity contribution is -0.150. The van der Waals surface area contributed by atoms with Crippen molar-refractivity contribution in [3.05, 3.63) is 0 Å². The van der Waals surface area contributed by atoms with E-state index in [9.17, 15) is 4.79 Å². The van der Waals surface area contributed by atoms with Gasteiger partial charge in [-0.15, -0.1) is 0 Å². The van der Waals surface area contributed by atoms with E-state index in [4.69, 9.17) is 4.74 Å². The van der Waals surface area contributed by atoms with Crippen LogP contribution in [0.25, 0.3) is 0 Å². The molecule has 0 aliphatic carbocycles. The lowest BCUT2D eigenvalue weighted by atomic mass is 9.94. The number of hydrogen-bond acceptors (Lipinski definition) is 2. The van der Waals surface area contributed by atoms with E-state index in [1.54, 1.807) is 0 Å². The van der Waals surface area contributed by atoms with Crippen LogP contribution in [0.3, 0.4) is 0 Å². The maximum absolute atomic E-state index is 12.4. The number of ether oxygens (including phenoxy) is 1. The Morgan fingerprint density at radius 1 is 0.654 bits per heavy atom. The van der Waals surface area contributed by atoms with E-state index >= 15 is 0 Å². The average Bonchev–Trinajstić information content (AvgIpc) is 2.65. The molecule has 0 bridgehead atoms. The first-order valence-electron chi connectivity index (χ1n) is 11.9. The maximum atomic E-state index is 12.4. The highest BCUT2D eigenvalue weighted by Crippen LogP contribution is 2.21. The molecular weight excluding hydrogens is 320 g/mol. The van der Waals surface area contributed by atoms with Crippen molar-refractivity contribution in [2.75, 3.05) is 6.61 Å². The fraction of sp³-hybridized carbons (Fsp3) is 0.958. The standard InChI is InChI=1S/C24H48O2/c1-5-9-12-14-15-17-19-22(18-16-13-10-6-2)21-26-24(25)23(8-4)20-11-7-3/h22-23H,5-21H2,1-4H3. The Balaban J connectivity index is 4.20. The Hall–Kier alpha value is -0.530. The van der Waals surface area contributed by atoms with Crippen LogP contribution in [-0.4, -0.2) is 12.6 Å². The zero-order valence-electron chi connectivity index (χ0n) is 18.5. The van der Waals surface area contributed by atoms with Crippen LogP contribution in [0.5, 0.6) is 0 Å². The molecule has 156 valence electrons. The van der Waals surface area contributed by atoms with E-state index in [-0.39, 0.29) is 11.9 Å². The van der Waals surface area contributed by atoms with E-state index in [0.29, 0.717) is 12.5 Å². The molecule has 26 heavy (non-hydrogen) atoms. The highest BCUT2D eigenvalue weighted by Gasteiger charge is 2.19. The van der Waals surface area contributed by atoms with Crippen LogP contribution in [0.15, 0.2) is 0 Å². The molecule has 0 fully saturated rings. The Morgan fingerprint density at radius 2 is 1.15 bits per heavy atom. The third-order valence-corrected chi connectivity index (χ3v) is 5.63. The molecular formula is C24H48O2. The molecule has 0 aliphatic rings. The SMILES string of the molecule is CCCCCCCCC(CCCCCC)COC(=O)C(CC)CCCC. The van der Waals surface area contributed by atoms with Gasteiger partial charge in [0.15, 0.2) is 0 Å². The van der Waals surface area contributed by atoms with Gasteiger partial charge in [0, 0.05) is 0 Å². The second-order valence-electron chi connectivity index (χ2n) is 8.15. The van der Waals surface area contributed by atoms with Crippen molar-refractivity contribution in [2.45, 2.75) is 130 Å². The molecule has 0 aromatic carbocycles. The highest BCUT2D eigenvalue weighted by atomic mass is 16.5. The average molecular weight is 369 g/mol. The zero-order valence-corrected chi connectivity index (χ0v) is 18.5. The summed E-state index contributed by atoms with van der Waals surface area (Å²) in [4.78, 5) is 12.4. The third-order valence-electron chi connectivity index (χ3n) is 5.63. The van der Waals surface area contributed by atoms with Gasteiger partial charge in [0.2, 0.25) is 0 Å². The molecule has 0 spiro atoms. The van der Waals surface area contributed by atoms with Crippen molar-refractivity contribution in [3.63, 3.8) is 0 Å².